The van der Waals surface area contributed by atoms with Crippen LogP contribution in [0.5, 0.6) is 0 Å². The SMILES string of the molecule is CCN(CC)/[N+]([O-])=N/OCC1CO1. The molecule has 1 heterocycles. The summed E-state index contributed by atoms with van der Waals surface area (Å²) in [5.74, 6) is 0. The summed E-state index contributed by atoms with van der Waals surface area (Å²) in [6.45, 7) is 6.07. The first-order valence-electron chi connectivity index (χ1n) is 4.44. The average molecular weight is 189 g/mol. The highest BCUT2D eigenvalue weighted by molar-refractivity contribution is 4.66. The van der Waals surface area contributed by atoms with Gasteiger partial charge in [-0.1, -0.05) is 0 Å². The molecule has 1 fully saturated rings. The van der Waals surface area contributed by atoms with Crippen molar-refractivity contribution in [3.63, 3.8) is 0 Å². The molecule has 13 heavy (non-hydrogen) atoms. The summed E-state index contributed by atoms with van der Waals surface area (Å²) in [7, 11) is 0. The Bertz CT molecular complexity index is 178. The minimum atomic E-state index is 0.133. The lowest BCUT2D eigenvalue weighted by molar-refractivity contribution is -0.710. The zero-order chi connectivity index (χ0) is 9.68. The zero-order valence-corrected chi connectivity index (χ0v) is 7.97. The second-order valence-corrected chi connectivity index (χ2v) is 2.72. The van der Waals surface area contributed by atoms with Gasteiger partial charge in [0.25, 0.3) is 0 Å². The molecule has 0 aliphatic carbocycles. The first kappa shape index (κ1) is 10.0. The normalized spacial score (nSPS) is 21.4. The highest BCUT2D eigenvalue weighted by Gasteiger charge is 2.23. The molecule has 1 aliphatic heterocycles. The molecule has 0 radical (unpaired) electrons. The van der Waals surface area contributed by atoms with Crippen LogP contribution in [0, 0.1) is 5.21 Å². The third kappa shape index (κ3) is 3.45. The van der Waals surface area contributed by atoms with Gasteiger partial charge in [-0.25, -0.2) is 0 Å². The lowest BCUT2D eigenvalue weighted by Crippen LogP contribution is -2.30. The van der Waals surface area contributed by atoms with E-state index >= 15 is 0 Å². The summed E-state index contributed by atoms with van der Waals surface area (Å²) >= 11 is 0. The van der Waals surface area contributed by atoms with Gasteiger partial charge in [-0.15, -0.1) is 5.01 Å². The second kappa shape index (κ2) is 4.86. The van der Waals surface area contributed by atoms with Crippen molar-refractivity contribution in [3.8, 4) is 0 Å². The van der Waals surface area contributed by atoms with Crippen LogP contribution in [0.15, 0.2) is 5.28 Å². The van der Waals surface area contributed by atoms with E-state index in [9.17, 15) is 5.21 Å². The summed E-state index contributed by atoms with van der Waals surface area (Å²) in [4.78, 5) is 5.25. The molecule has 0 bridgehead atoms. The van der Waals surface area contributed by atoms with Crippen LogP contribution in [0.4, 0.5) is 0 Å². The molecule has 1 aliphatic rings. The van der Waals surface area contributed by atoms with Gasteiger partial charge in [-0.05, 0) is 13.8 Å². The largest absolute Gasteiger partial charge is 0.569 e. The van der Waals surface area contributed by atoms with Crippen LogP contribution in [-0.4, -0.2) is 42.4 Å². The maximum Gasteiger partial charge on any atom is 0.233 e. The van der Waals surface area contributed by atoms with E-state index in [0.29, 0.717) is 31.3 Å². The fourth-order valence-corrected chi connectivity index (χ4v) is 0.847. The van der Waals surface area contributed by atoms with Crippen LogP contribution in [0.25, 0.3) is 0 Å². The molecule has 6 heteroatoms. The summed E-state index contributed by atoms with van der Waals surface area (Å²) in [6, 6.07) is 0. The predicted octanol–water partition coefficient (Wildman–Crippen LogP) is 0.536. The summed E-state index contributed by atoms with van der Waals surface area (Å²) in [5, 5.41) is 16.0. The summed E-state index contributed by atoms with van der Waals surface area (Å²) in [5.41, 5.74) is 0. The van der Waals surface area contributed by atoms with Crippen molar-refractivity contribution in [1.29, 1.82) is 0 Å². The minimum absolute atomic E-state index is 0.133. The zero-order valence-electron chi connectivity index (χ0n) is 7.97. The Morgan fingerprint density at radius 1 is 1.62 bits per heavy atom. The van der Waals surface area contributed by atoms with Crippen molar-refractivity contribution >= 4 is 0 Å². The van der Waals surface area contributed by atoms with E-state index in [1.807, 2.05) is 13.8 Å². The molecule has 0 saturated carbocycles. The van der Waals surface area contributed by atoms with Crippen LogP contribution in [0.1, 0.15) is 13.8 Å². The molecule has 0 aromatic heterocycles. The highest BCUT2D eigenvalue weighted by atomic mass is 16.7. The Morgan fingerprint density at radius 2 is 2.23 bits per heavy atom. The Hall–Kier alpha value is -1.04. The third-order valence-corrected chi connectivity index (χ3v) is 1.76. The van der Waals surface area contributed by atoms with E-state index in [-0.39, 0.29) is 6.10 Å². The fraction of sp³-hybridized carbons (Fsp3) is 1.00. The fourth-order valence-electron chi connectivity index (χ4n) is 0.847. The smallest absolute Gasteiger partial charge is 0.233 e. The van der Waals surface area contributed by atoms with Gasteiger partial charge in [0.05, 0.1) is 24.7 Å². The Morgan fingerprint density at radius 3 is 2.69 bits per heavy atom. The van der Waals surface area contributed by atoms with Gasteiger partial charge in [0, 0.05) is 0 Å². The lowest BCUT2D eigenvalue weighted by Gasteiger charge is -2.12. The standard InChI is InChI=1S/C7H15N3O3/c1-3-9(4-2)10(11)8-13-6-7-5-12-7/h7H,3-6H2,1-2H3/b10-8-. The van der Waals surface area contributed by atoms with Crippen LogP contribution in [-0.2, 0) is 9.57 Å². The van der Waals surface area contributed by atoms with Gasteiger partial charge in [0.2, 0.25) is 5.28 Å². The molecular formula is C7H15N3O3. The van der Waals surface area contributed by atoms with Gasteiger partial charge >= 0.3 is 0 Å². The molecule has 0 N–H and O–H groups in total. The van der Waals surface area contributed by atoms with Gasteiger partial charge in [0.1, 0.15) is 6.10 Å². The maximum absolute atomic E-state index is 11.1. The van der Waals surface area contributed by atoms with E-state index in [2.05, 4.69) is 5.28 Å². The topological polar surface area (TPSA) is 63.4 Å². The predicted molar refractivity (Wildman–Crippen MR) is 44.7 cm³/mol. The third-order valence-electron chi connectivity index (χ3n) is 1.76. The van der Waals surface area contributed by atoms with Crippen molar-refractivity contribution in [2.24, 2.45) is 5.28 Å². The molecule has 1 saturated heterocycles. The number of nitrogens with zero attached hydrogens (tertiary/aromatic N) is 3. The van der Waals surface area contributed by atoms with E-state index in [1.54, 1.807) is 0 Å². The number of hydrogen-bond acceptors (Lipinski definition) is 4. The van der Waals surface area contributed by atoms with E-state index < -0.39 is 0 Å². The van der Waals surface area contributed by atoms with Gasteiger partial charge in [-0.2, -0.15) is 0 Å². The second-order valence-electron chi connectivity index (χ2n) is 2.72. The minimum Gasteiger partial charge on any atom is -0.569 e. The van der Waals surface area contributed by atoms with Crippen molar-refractivity contribution in [2.75, 3.05) is 26.3 Å². The molecule has 6 nitrogen and oxygen atoms in total. The average Bonchev–Trinajstić information content (AvgIpc) is 2.90. The Labute approximate surface area is 77.2 Å². The van der Waals surface area contributed by atoms with E-state index in [4.69, 9.17) is 9.57 Å². The van der Waals surface area contributed by atoms with Crippen LogP contribution < -0.4 is 0 Å². The van der Waals surface area contributed by atoms with Gasteiger partial charge < -0.3 is 14.8 Å². The van der Waals surface area contributed by atoms with Crippen molar-refractivity contribution in [3.05, 3.63) is 5.21 Å². The van der Waals surface area contributed by atoms with Gasteiger partial charge in [0.15, 0.2) is 6.61 Å². The van der Waals surface area contributed by atoms with E-state index in [1.165, 1.54) is 5.01 Å². The van der Waals surface area contributed by atoms with Gasteiger partial charge in [-0.3, -0.25) is 0 Å². The number of ether oxygens (including phenoxy) is 1. The highest BCUT2D eigenvalue weighted by Crippen LogP contribution is 2.08. The molecule has 1 rings (SSSR count). The molecule has 0 amide bonds. The molecule has 0 aromatic carbocycles. The Balaban J connectivity index is 2.21. The van der Waals surface area contributed by atoms with Crippen LogP contribution in [0.3, 0.4) is 0 Å². The maximum atomic E-state index is 11.1. The summed E-state index contributed by atoms with van der Waals surface area (Å²) in [6.07, 6.45) is 0.133. The molecular weight excluding hydrogens is 174 g/mol. The van der Waals surface area contributed by atoms with Crippen molar-refractivity contribution < 1.29 is 14.5 Å². The monoisotopic (exact) mass is 189 g/mol. The van der Waals surface area contributed by atoms with Crippen molar-refractivity contribution in [1.82, 2.24) is 5.01 Å². The molecule has 1 unspecified atom stereocenters. The quantitative estimate of drug-likeness (QED) is 0.265. The molecule has 0 aromatic rings. The number of hydrazine groups is 1. The van der Waals surface area contributed by atoms with Crippen LogP contribution in [0.2, 0.25) is 0 Å². The first-order valence-corrected chi connectivity index (χ1v) is 4.44. The number of rotatable bonds is 6. The first-order chi connectivity index (χ1) is 6.27. The lowest BCUT2D eigenvalue weighted by atomic mass is 10.5. The van der Waals surface area contributed by atoms with Crippen LogP contribution >= 0.6 is 0 Å². The molecule has 76 valence electrons. The number of hydrogen-bond donors (Lipinski definition) is 0. The Kier molecular flexibility index (Phi) is 3.75. The molecule has 1 atom stereocenters. The molecule has 0 spiro atoms. The number of epoxide rings is 1. The van der Waals surface area contributed by atoms with Crippen molar-refractivity contribution in [2.45, 2.75) is 20.0 Å². The summed E-state index contributed by atoms with van der Waals surface area (Å²) < 4.78 is 4.88. The van der Waals surface area contributed by atoms with E-state index in [0.717, 1.165) is 0 Å².